The molecule has 0 spiro atoms. The van der Waals surface area contributed by atoms with Gasteiger partial charge in [-0.2, -0.15) is 0 Å². The molecule has 28 heavy (non-hydrogen) atoms. The number of nitrogens with one attached hydrogen (secondary N) is 1. The Morgan fingerprint density at radius 1 is 1.14 bits per heavy atom. The van der Waals surface area contributed by atoms with E-state index in [4.69, 9.17) is 0 Å². The highest BCUT2D eigenvalue weighted by molar-refractivity contribution is 8.18. The van der Waals surface area contributed by atoms with Crippen molar-refractivity contribution >= 4 is 46.3 Å². The predicted octanol–water partition coefficient (Wildman–Crippen LogP) is 3.66. The fourth-order valence-corrected chi connectivity index (χ4v) is 3.40. The van der Waals surface area contributed by atoms with Crippen LogP contribution >= 0.6 is 11.8 Å². The summed E-state index contributed by atoms with van der Waals surface area (Å²) in [7, 11) is 0. The molecule has 1 fully saturated rings. The molecule has 0 aromatic heterocycles. The van der Waals surface area contributed by atoms with Crippen molar-refractivity contribution in [1.29, 1.82) is 0 Å². The van der Waals surface area contributed by atoms with Gasteiger partial charge in [0, 0.05) is 30.8 Å². The molecule has 0 aliphatic carbocycles. The van der Waals surface area contributed by atoms with Gasteiger partial charge in [-0.3, -0.25) is 29.4 Å². The Morgan fingerprint density at radius 2 is 1.89 bits per heavy atom. The molecule has 2 aromatic rings. The molecule has 1 aliphatic heterocycles. The number of thioether (sulfide) groups is 1. The highest BCUT2D eigenvalue weighted by Gasteiger charge is 2.35. The normalized spacial score (nSPS) is 15.1. The number of anilines is 1. The lowest BCUT2D eigenvalue weighted by Crippen LogP contribution is -2.31. The third kappa shape index (κ3) is 4.63. The predicted molar refractivity (Wildman–Crippen MR) is 105 cm³/mol. The lowest BCUT2D eigenvalue weighted by atomic mass is 10.2. The number of rotatable bonds is 6. The number of nitro groups is 1. The zero-order valence-electron chi connectivity index (χ0n) is 14.5. The van der Waals surface area contributed by atoms with Crippen LogP contribution in [-0.4, -0.2) is 33.4 Å². The van der Waals surface area contributed by atoms with E-state index in [9.17, 15) is 24.5 Å². The second kappa shape index (κ2) is 8.49. The van der Waals surface area contributed by atoms with E-state index in [0.717, 1.165) is 16.7 Å². The Hall–Kier alpha value is -3.46. The van der Waals surface area contributed by atoms with E-state index >= 15 is 0 Å². The number of non-ortho nitro benzene ring substituents is 1. The van der Waals surface area contributed by atoms with Crippen LogP contribution in [0.5, 0.6) is 0 Å². The van der Waals surface area contributed by atoms with Gasteiger partial charge in [0.05, 0.1) is 9.83 Å². The summed E-state index contributed by atoms with van der Waals surface area (Å²) in [5, 5.41) is 13.1. The highest BCUT2D eigenvalue weighted by atomic mass is 32.2. The smallest absolute Gasteiger partial charge is 0.293 e. The van der Waals surface area contributed by atoms with E-state index in [1.165, 1.54) is 24.3 Å². The minimum Gasteiger partial charge on any atom is -0.326 e. The van der Waals surface area contributed by atoms with E-state index in [0.29, 0.717) is 11.3 Å². The maximum Gasteiger partial charge on any atom is 0.293 e. The van der Waals surface area contributed by atoms with Gasteiger partial charge in [0.2, 0.25) is 5.91 Å². The summed E-state index contributed by atoms with van der Waals surface area (Å²) in [4.78, 5) is 48.1. The highest BCUT2D eigenvalue weighted by Crippen LogP contribution is 2.32. The van der Waals surface area contributed by atoms with Gasteiger partial charge in [-0.1, -0.05) is 30.3 Å². The Kier molecular flexibility index (Phi) is 5.85. The Labute approximate surface area is 164 Å². The molecular formula is C19H15N3O5S. The van der Waals surface area contributed by atoms with Crippen molar-refractivity contribution in [3.63, 3.8) is 0 Å². The fraction of sp³-hybridized carbons (Fsp3) is 0.105. The molecule has 3 amide bonds. The molecule has 9 heteroatoms. The average molecular weight is 397 g/mol. The van der Waals surface area contributed by atoms with Gasteiger partial charge in [0.25, 0.3) is 16.8 Å². The van der Waals surface area contributed by atoms with Crippen molar-refractivity contribution < 1.29 is 19.3 Å². The van der Waals surface area contributed by atoms with E-state index in [1.807, 2.05) is 6.07 Å². The van der Waals surface area contributed by atoms with Gasteiger partial charge in [0.15, 0.2) is 0 Å². The minimum atomic E-state index is -0.533. The van der Waals surface area contributed by atoms with Crippen molar-refractivity contribution in [1.82, 2.24) is 4.90 Å². The van der Waals surface area contributed by atoms with Crippen LogP contribution in [0.1, 0.15) is 12.0 Å². The summed E-state index contributed by atoms with van der Waals surface area (Å²) in [5.41, 5.74) is 0.972. The molecule has 142 valence electrons. The van der Waals surface area contributed by atoms with E-state index in [1.54, 1.807) is 30.3 Å². The molecular weight excluding hydrogens is 382 g/mol. The van der Waals surface area contributed by atoms with Crippen LogP contribution in [-0.2, 0) is 9.59 Å². The van der Waals surface area contributed by atoms with Gasteiger partial charge in [-0.15, -0.1) is 0 Å². The summed E-state index contributed by atoms with van der Waals surface area (Å²) in [6.45, 7) is -0.0460. The molecule has 1 heterocycles. The zero-order chi connectivity index (χ0) is 20.1. The Bertz CT molecular complexity index is 975. The summed E-state index contributed by atoms with van der Waals surface area (Å²) in [5.74, 6) is -0.832. The van der Waals surface area contributed by atoms with E-state index in [2.05, 4.69) is 5.32 Å². The summed E-state index contributed by atoms with van der Waals surface area (Å²) >= 11 is 0.744. The molecule has 3 rings (SSSR count). The number of amides is 3. The number of carbonyl (C=O) groups is 3. The molecule has 1 aliphatic rings. The number of imide groups is 1. The summed E-state index contributed by atoms with van der Waals surface area (Å²) < 4.78 is 0. The number of nitrogens with zero attached hydrogens (tertiary/aromatic N) is 2. The monoisotopic (exact) mass is 397 g/mol. The summed E-state index contributed by atoms with van der Waals surface area (Å²) in [6, 6.07) is 14.6. The summed E-state index contributed by atoms with van der Waals surface area (Å²) in [6.07, 6.45) is 1.40. The molecule has 0 saturated carbocycles. The lowest BCUT2D eigenvalue weighted by molar-refractivity contribution is -0.384. The van der Waals surface area contributed by atoms with Crippen LogP contribution in [0.25, 0.3) is 6.08 Å². The van der Waals surface area contributed by atoms with Crippen molar-refractivity contribution in [3.8, 4) is 0 Å². The zero-order valence-corrected chi connectivity index (χ0v) is 15.3. The number of hydrogen-bond acceptors (Lipinski definition) is 6. The Morgan fingerprint density at radius 3 is 2.61 bits per heavy atom. The van der Waals surface area contributed by atoms with Gasteiger partial charge in [0.1, 0.15) is 0 Å². The third-order valence-electron chi connectivity index (χ3n) is 3.87. The molecule has 8 nitrogen and oxygen atoms in total. The first kappa shape index (κ1) is 19.3. The maximum atomic E-state index is 12.5. The SMILES string of the molecule is O=C(CCN1C(=O)S/C(=C\c2cccc([N+](=O)[O-])c2)C1=O)Nc1ccccc1. The number of carbonyl (C=O) groups excluding carboxylic acids is 3. The average Bonchev–Trinajstić information content (AvgIpc) is 2.94. The van der Waals surface area contributed by atoms with Crippen molar-refractivity contribution in [2.24, 2.45) is 0 Å². The maximum absolute atomic E-state index is 12.5. The first-order valence-corrected chi connectivity index (χ1v) is 9.10. The standard InChI is InChI=1S/C19H15N3O5S/c23-17(20-14-6-2-1-3-7-14)9-10-21-18(24)16(28-19(21)25)12-13-5-4-8-15(11-13)22(26)27/h1-8,11-12H,9-10H2,(H,20,23)/b16-12-. The van der Waals surface area contributed by atoms with Gasteiger partial charge in [-0.05, 0) is 35.5 Å². The number of benzene rings is 2. The quantitative estimate of drug-likeness (QED) is 0.453. The molecule has 0 bridgehead atoms. The molecule has 1 saturated heterocycles. The van der Waals surface area contributed by atoms with Crippen molar-refractivity contribution in [3.05, 3.63) is 75.2 Å². The first-order valence-electron chi connectivity index (χ1n) is 8.29. The van der Waals surface area contributed by atoms with Crippen LogP contribution in [0, 0.1) is 10.1 Å². The van der Waals surface area contributed by atoms with Crippen LogP contribution in [0.2, 0.25) is 0 Å². The molecule has 0 unspecified atom stereocenters. The van der Waals surface area contributed by atoms with Crippen molar-refractivity contribution in [2.45, 2.75) is 6.42 Å². The molecule has 0 atom stereocenters. The number of para-hydroxylation sites is 1. The largest absolute Gasteiger partial charge is 0.326 e. The van der Waals surface area contributed by atoms with Gasteiger partial charge >= 0.3 is 0 Å². The molecule has 0 radical (unpaired) electrons. The van der Waals surface area contributed by atoms with Crippen LogP contribution in [0.15, 0.2) is 59.5 Å². The fourth-order valence-electron chi connectivity index (χ4n) is 2.53. The van der Waals surface area contributed by atoms with Crippen LogP contribution in [0.3, 0.4) is 0 Å². The lowest BCUT2D eigenvalue weighted by Gasteiger charge is -2.12. The third-order valence-corrected chi connectivity index (χ3v) is 4.78. The number of nitro benzene ring substituents is 1. The minimum absolute atomic E-state index is 0.0307. The van der Waals surface area contributed by atoms with Crippen LogP contribution in [0.4, 0.5) is 16.2 Å². The molecule has 2 aromatic carbocycles. The van der Waals surface area contributed by atoms with Gasteiger partial charge < -0.3 is 5.32 Å². The molecule has 1 N–H and O–H groups in total. The van der Waals surface area contributed by atoms with E-state index < -0.39 is 16.1 Å². The van der Waals surface area contributed by atoms with E-state index in [-0.39, 0.29) is 29.5 Å². The topological polar surface area (TPSA) is 110 Å². The number of hydrogen-bond donors (Lipinski definition) is 1. The second-order valence-corrected chi connectivity index (χ2v) is 6.84. The first-order chi connectivity index (χ1) is 13.4. The second-order valence-electron chi connectivity index (χ2n) is 5.85. The van der Waals surface area contributed by atoms with Crippen molar-refractivity contribution in [2.75, 3.05) is 11.9 Å². The van der Waals surface area contributed by atoms with Gasteiger partial charge in [-0.25, -0.2) is 0 Å². The Balaban J connectivity index is 1.64. The van der Waals surface area contributed by atoms with Crippen LogP contribution < -0.4 is 5.32 Å².